The molecule has 2 aromatic rings. The molecule has 0 saturated carbocycles. The van der Waals surface area contributed by atoms with E-state index in [-0.39, 0.29) is 22.2 Å². The van der Waals surface area contributed by atoms with Crippen LogP contribution in [0.15, 0.2) is 34.8 Å². The lowest BCUT2D eigenvalue weighted by atomic mass is 10.2. The average Bonchev–Trinajstić information content (AvgIpc) is 2.51. The van der Waals surface area contributed by atoms with Crippen molar-refractivity contribution in [1.82, 2.24) is 5.32 Å². The van der Waals surface area contributed by atoms with Gasteiger partial charge in [0.05, 0.1) is 22.2 Å². The molecular formula is C16H12BrCl2FN2O2. The van der Waals surface area contributed by atoms with Gasteiger partial charge in [-0.2, -0.15) is 0 Å². The number of amides is 2. The number of carbonyl (C=O) groups is 2. The van der Waals surface area contributed by atoms with Crippen LogP contribution in [0.25, 0.3) is 0 Å². The fourth-order valence-corrected chi connectivity index (χ4v) is 2.86. The third kappa shape index (κ3) is 4.69. The second-order valence-electron chi connectivity index (χ2n) is 4.94. The van der Waals surface area contributed by atoms with E-state index in [0.29, 0.717) is 5.69 Å². The van der Waals surface area contributed by atoms with E-state index in [2.05, 4.69) is 26.6 Å². The predicted molar refractivity (Wildman–Crippen MR) is 96.3 cm³/mol. The molecule has 4 nitrogen and oxygen atoms in total. The number of hydrogen-bond acceptors (Lipinski definition) is 2. The van der Waals surface area contributed by atoms with E-state index in [0.717, 1.165) is 22.2 Å². The summed E-state index contributed by atoms with van der Waals surface area (Å²) < 4.78 is 14.3. The zero-order valence-electron chi connectivity index (χ0n) is 12.4. The van der Waals surface area contributed by atoms with Crippen molar-refractivity contribution in [3.05, 3.63) is 61.8 Å². The van der Waals surface area contributed by atoms with E-state index < -0.39 is 17.6 Å². The number of aryl methyl sites for hydroxylation is 1. The monoisotopic (exact) mass is 432 g/mol. The lowest BCUT2D eigenvalue weighted by molar-refractivity contribution is -0.115. The van der Waals surface area contributed by atoms with Gasteiger partial charge in [-0.25, -0.2) is 4.39 Å². The summed E-state index contributed by atoms with van der Waals surface area (Å²) in [5.74, 6) is -1.85. The highest BCUT2D eigenvalue weighted by Gasteiger charge is 2.15. The normalized spacial score (nSPS) is 10.4. The van der Waals surface area contributed by atoms with Crippen molar-refractivity contribution in [2.24, 2.45) is 0 Å². The predicted octanol–water partition coefficient (Wildman–Crippen LogP) is 4.57. The van der Waals surface area contributed by atoms with Gasteiger partial charge < -0.3 is 10.6 Å². The van der Waals surface area contributed by atoms with E-state index in [1.54, 1.807) is 12.1 Å². The highest BCUT2D eigenvalue weighted by molar-refractivity contribution is 9.10. The van der Waals surface area contributed by atoms with Gasteiger partial charge in [0.1, 0.15) is 5.82 Å². The topological polar surface area (TPSA) is 58.2 Å². The maximum absolute atomic E-state index is 13.4. The second-order valence-corrected chi connectivity index (χ2v) is 6.67. The minimum Gasteiger partial charge on any atom is -0.343 e. The van der Waals surface area contributed by atoms with Crippen LogP contribution >= 0.6 is 39.1 Å². The third-order valence-corrected chi connectivity index (χ3v) is 4.22. The molecule has 0 fully saturated rings. The van der Waals surface area contributed by atoms with Gasteiger partial charge in [-0.3, -0.25) is 9.59 Å². The summed E-state index contributed by atoms with van der Waals surface area (Å²) in [4.78, 5) is 23.9. The number of benzene rings is 2. The van der Waals surface area contributed by atoms with E-state index in [1.807, 2.05) is 13.0 Å². The molecule has 126 valence electrons. The zero-order valence-corrected chi connectivity index (χ0v) is 15.5. The van der Waals surface area contributed by atoms with Crippen molar-refractivity contribution in [2.45, 2.75) is 6.92 Å². The molecule has 0 unspecified atom stereocenters. The molecule has 2 amide bonds. The van der Waals surface area contributed by atoms with Crippen LogP contribution in [0.5, 0.6) is 0 Å². The minimum absolute atomic E-state index is 0.00284. The molecule has 8 heteroatoms. The van der Waals surface area contributed by atoms with Gasteiger partial charge in [-0.05, 0) is 42.8 Å². The maximum Gasteiger partial charge on any atom is 0.253 e. The Morgan fingerprint density at radius 1 is 1.17 bits per heavy atom. The first-order chi connectivity index (χ1) is 11.3. The molecule has 0 aromatic heterocycles. The molecule has 0 spiro atoms. The molecule has 0 aliphatic carbocycles. The fraction of sp³-hybridized carbons (Fsp3) is 0.125. The summed E-state index contributed by atoms with van der Waals surface area (Å²) in [6, 6.07) is 7.45. The lowest BCUT2D eigenvalue weighted by Gasteiger charge is -2.10. The molecule has 2 rings (SSSR count). The van der Waals surface area contributed by atoms with Crippen molar-refractivity contribution in [3.63, 3.8) is 0 Å². The van der Waals surface area contributed by atoms with Crippen molar-refractivity contribution in [2.75, 3.05) is 11.9 Å². The fourth-order valence-electron chi connectivity index (χ4n) is 1.91. The molecule has 0 saturated heterocycles. The van der Waals surface area contributed by atoms with Gasteiger partial charge in [-0.1, -0.05) is 39.1 Å². The van der Waals surface area contributed by atoms with E-state index in [9.17, 15) is 14.0 Å². The first-order valence-electron chi connectivity index (χ1n) is 6.76. The van der Waals surface area contributed by atoms with Crippen LogP contribution in [-0.2, 0) is 4.79 Å². The van der Waals surface area contributed by atoms with Crippen LogP contribution in [0.3, 0.4) is 0 Å². The number of nitrogens with one attached hydrogen (secondary N) is 2. The number of hydrogen-bond donors (Lipinski definition) is 2. The number of carbonyl (C=O) groups excluding carboxylic acids is 2. The highest BCUT2D eigenvalue weighted by Crippen LogP contribution is 2.24. The summed E-state index contributed by atoms with van der Waals surface area (Å²) in [6.45, 7) is 1.56. The molecule has 0 bridgehead atoms. The Labute approximate surface area is 156 Å². The van der Waals surface area contributed by atoms with Gasteiger partial charge in [0.2, 0.25) is 5.91 Å². The summed E-state index contributed by atoms with van der Waals surface area (Å²) in [5, 5.41) is 4.88. The van der Waals surface area contributed by atoms with Gasteiger partial charge in [-0.15, -0.1) is 0 Å². The molecular weight excluding hydrogens is 422 g/mol. The van der Waals surface area contributed by atoms with Crippen LogP contribution in [0, 0.1) is 12.7 Å². The van der Waals surface area contributed by atoms with Gasteiger partial charge >= 0.3 is 0 Å². The number of rotatable bonds is 4. The van der Waals surface area contributed by atoms with Crippen molar-refractivity contribution < 1.29 is 14.0 Å². The molecule has 0 aliphatic heterocycles. The first-order valence-corrected chi connectivity index (χ1v) is 8.31. The van der Waals surface area contributed by atoms with Crippen LogP contribution in [0.2, 0.25) is 10.0 Å². The standard InChI is InChI=1S/C16H12BrCl2FN2O2/c1-8-4-9(17)2-3-14(8)22-15(23)7-21-16(24)10-5-13(20)12(19)6-11(10)18/h2-6H,7H2,1H3,(H,21,24)(H,22,23). The smallest absolute Gasteiger partial charge is 0.253 e. The quantitative estimate of drug-likeness (QED) is 0.693. The molecule has 0 atom stereocenters. The van der Waals surface area contributed by atoms with E-state index in [4.69, 9.17) is 23.2 Å². The van der Waals surface area contributed by atoms with E-state index in [1.165, 1.54) is 0 Å². The van der Waals surface area contributed by atoms with Crippen molar-refractivity contribution >= 4 is 56.6 Å². The molecule has 0 heterocycles. The van der Waals surface area contributed by atoms with Crippen LogP contribution in [-0.4, -0.2) is 18.4 Å². The van der Waals surface area contributed by atoms with E-state index >= 15 is 0 Å². The summed E-state index contributed by atoms with van der Waals surface area (Å²) in [5.41, 5.74) is 1.41. The van der Waals surface area contributed by atoms with Crippen LogP contribution < -0.4 is 10.6 Å². The van der Waals surface area contributed by atoms with Crippen LogP contribution in [0.4, 0.5) is 10.1 Å². The van der Waals surface area contributed by atoms with Gasteiger partial charge in [0.25, 0.3) is 5.91 Å². The number of anilines is 1. The molecule has 0 aliphatic rings. The largest absolute Gasteiger partial charge is 0.343 e. The van der Waals surface area contributed by atoms with Crippen molar-refractivity contribution in [1.29, 1.82) is 0 Å². The van der Waals surface area contributed by atoms with Gasteiger partial charge in [0.15, 0.2) is 0 Å². The Balaban J connectivity index is 1.99. The summed E-state index contributed by atoms with van der Waals surface area (Å²) >= 11 is 14.8. The maximum atomic E-state index is 13.4. The average molecular weight is 434 g/mol. The third-order valence-electron chi connectivity index (χ3n) is 3.13. The highest BCUT2D eigenvalue weighted by atomic mass is 79.9. The van der Waals surface area contributed by atoms with Gasteiger partial charge in [0, 0.05) is 10.2 Å². The SMILES string of the molecule is Cc1cc(Br)ccc1NC(=O)CNC(=O)c1cc(F)c(Cl)cc1Cl. The second kappa shape index (κ2) is 7.96. The Morgan fingerprint density at radius 3 is 2.54 bits per heavy atom. The van der Waals surface area contributed by atoms with Crippen molar-refractivity contribution in [3.8, 4) is 0 Å². The van der Waals surface area contributed by atoms with Crippen LogP contribution in [0.1, 0.15) is 15.9 Å². The Kier molecular flexibility index (Phi) is 6.21. The zero-order chi connectivity index (χ0) is 17.9. The molecule has 24 heavy (non-hydrogen) atoms. The summed E-state index contributed by atoms with van der Waals surface area (Å²) in [7, 11) is 0. The molecule has 0 radical (unpaired) electrons. The first kappa shape index (κ1) is 18.7. The molecule has 2 N–H and O–H groups in total. The Morgan fingerprint density at radius 2 is 1.88 bits per heavy atom. The lowest BCUT2D eigenvalue weighted by Crippen LogP contribution is -2.33. The summed E-state index contributed by atoms with van der Waals surface area (Å²) in [6.07, 6.45) is 0. The molecule has 2 aromatic carbocycles. The minimum atomic E-state index is -0.763. The number of halogens is 4. The Bertz CT molecular complexity index is 815. The Hall–Kier alpha value is -1.63.